The molecule has 0 amide bonds. The standard InChI is InChI=1S/C11H11ClN2O2/c1-2-14-9(6-10(15)16)7-4-3-5-8(12)11(7)13-14/h3-5H,2,6H2,1H3,(H,15,16). The molecule has 16 heavy (non-hydrogen) atoms. The summed E-state index contributed by atoms with van der Waals surface area (Å²) in [5.41, 5.74) is 1.37. The van der Waals surface area contributed by atoms with Crippen molar-refractivity contribution >= 4 is 28.5 Å². The first kappa shape index (κ1) is 11.0. The van der Waals surface area contributed by atoms with Crippen molar-refractivity contribution in [2.45, 2.75) is 19.9 Å². The minimum Gasteiger partial charge on any atom is -0.481 e. The molecule has 0 saturated carbocycles. The van der Waals surface area contributed by atoms with Crippen LogP contribution < -0.4 is 0 Å². The molecular weight excluding hydrogens is 228 g/mol. The number of halogens is 1. The van der Waals surface area contributed by atoms with Gasteiger partial charge >= 0.3 is 5.97 Å². The molecule has 84 valence electrons. The number of nitrogens with zero attached hydrogens (tertiary/aromatic N) is 2. The van der Waals surface area contributed by atoms with Crippen LogP contribution in [0.15, 0.2) is 18.2 Å². The lowest BCUT2D eigenvalue weighted by atomic mass is 10.1. The average Bonchev–Trinajstić information content (AvgIpc) is 2.58. The molecule has 4 nitrogen and oxygen atoms in total. The van der Waals surface area contributed by atoms with Crippen LogP contribution in [0.2, 0.25) is 5.02 Å². The lowest BCUT2D eigenvalue weighted by Crippen LogP contribution is -2.08. The van der Waals surface area contributed by atoms with Crippen molar-refractivity contribution in [1.29, 1.82) is 0 Å². The summed E-state index contributed by atoms with van der Waals surface area (Å²) in [4.78, 5) is 10.8. The number of hydrogen-bond donors (Lipinski definition) is 1. The molecule has 0 aliphatic rings. The van der Waals surface area contributed by atoms with Crippen LogP contribution in [0.25, 0.3) is 10.9 Å². The molecule has 1 aromatic carbocycles. The van der Waals surface area contributed by atoms with Gasteiger partial charge < -0.3 is 5.11 Å². The maximum Gasteiger partial charge on any atom is 0.309 e. The van der Waals surface area contributed by atoms with Crippen molar-refractivity contribution in [3.8, 4) is 0 Å². The van der Waals surface area contributed by atoms with E-state index in [1.165, 1.54) is 0 Å². The Morgan fingerprint density at radius 2 is 2.31 bits per heavy atom. The van der Waals surface area contributed by atoms with Crippen LogP contribution >= 0.6 is 11.6 Å². The van der Waals surface area contributed by atoms with E-state index in [0.717, 1.165) is 5.39 Å². The summed E-state index contributed by atoms with van der Waals surface area (Å²) in [6.45, 7) is 2.55. The van der Waals surface area contributed by atoms with E-state index in [1.54, 1.807) is 16.8 Å². The molecule has 0 saturated heterocycles. The average molecular weight is 239 g/mol. The van der Waals surface area contributed by atoms with Crippen LogP contribution in [0.3, 0.4) is 0 Å². The Morgan fingerprint density at radius 3 is 2.94 bits per heavy atom. The first-order chi connectivity index (χ1) is 7.63. The van der Waals surface area contributed by atoms with E-state index in [4.69, 9.17) is 16.7 Å². The topological polar surface area (TPSA) is 55.1 Å². The van der Waals surface area contributed by atoms with Gasteiger partial charge in [-0.15, -0.1) is 0 Å². The van der Waals surface area contributed by atoms with Gasteiger partial charge in [0.25, 0.3) is 0 Å². The Bertz CT molecular complexity index is 548. The number of hydrogen-bond acceptors (Lipinski definition) is 2. The van der Waals surface area contributed by atoms with E-state index in [2.05, 4.69) is 5.10 Å². The number of benzene rings is 1. The Labute approximate surface area is 97.4 Å². The van der Waals surface area contributed by atoms with Crippen LogP contribution in [0.5, 0.6) is 0 Å². The van der Waals surface area contributed by atoms with Crippen molar-refractivity contribution < 1.29 is 9.90 Å². The minimum atomic E-state index is -0.864. The SMILES string of the molecule is CCn1nc2c(Cl)cccc2c1CC(=O)O. The number of aryl methyl sites for hydroxylation is 1. The number of aliphatic carboxylic acids is 1. The summed E-state index contributed by atoms with van der Waals surface area (Å²) in [6, 6.07) is 5.40. The number of carbonyl (C=O) groups is 1. The summed E-state index contributed by atoms with van der Waals surface area (Å²) in [5.74, 6) is -0.864. The zero-order chi connectivity index (χ0) is 11.7. The van der Waals surface area contributed by atoms with Gasteiger partial charge in [-0.1, -0.05) is 23.7 Å². The molecule has 2 aromatic rings. The second kappa shape index (κ2) is 4.14. The number of rotatable bonds is 3. The lowest BCUT2D eigenvalue weighted by Gasteiger charge is -2.01. The first-order valence-electron chi connectivity index (χ1n) is 4.99. The highest BCUT2D eigenvalue weighted by molar-refractivity contribution is 6.35. The van der Waals surface area contributed by atoms with Gasteiger partial charge in [0.1, 0.15) is 5.52 Å². The van der Waals surface area contributed by atoms with Gasteiger partial charge in [-0.3, -0.25) is 9.48 Å². The third-order valence-electron chi connectivity index (χ3n) is 2.45. The van der Waals surface area contributed by atoms with Crippen LogP contribution in [-0.2, 0) is 17.8 Å². The van der Waals surface area contributed by atoms with E-state index < -0.39 is 5.97 Å². The molecule has 1 N–H and O–H groups in total. The monoisotopic (exact) mass is 238 g/mol. The zero-order valence-electron chi connectivity index (χ0n) is 8.77. The number of aromatic nitrogens is 2. The summed E-state index contributed by atoms with van der Waals surface area (Å²) in [5, 5.41) is 14.5. The largest absolute Gasteiger partial charge is 0.481 e. The molecule has 0 radical (unpaired) electrons. The molecular formula is C11H11ClN2O2. The lowest BCUT2D eigenvalue weighted by molar-refractivity contribution is -0.136. The van der Waals surface area contributed by atoms with Crippen molar-refractivity contribution in [2.75, 3.05) is 0 Å². The third-order valence-corrected chi connectivity index (χ3v) is 2.75. The van der Waals surface area contributed by atoms with E-state index in [-0.39, 0.29) is 6.42 Å². The van der Waals surface area contributed by atoms with Crippen molar-refractivity contribution in [3.05, 3.63) is 28.9 Å². The zero-order valence-corrected chi connectivity index (χ0v) is 9.53. The first-order valence-corrected chi connectivity index (χ1v) is 5.37. The Morgan fingerprint density at radius 1 is 1.56 bits per heavy atom. The molecule has 0 aliphatic carbocycles. The highest BCUT2D eigenvalue weighted by Gasteiger charge is 2.14. The maximum absolute atomic E-state index is 10.8. The van der Waals surface area contributed by atoms with Crippen LogP contribution in [0.4, 0.5) is 0 Å². The number of carboxylic acids is 1. The van der Waals surface area contributed by atoms with Gasteiger partial charge in [0.05, 0.1) is 17.1 Å². The van der Waals surface area contributed by atoms with Crippen LogP contribution in [0.1, 0.15) is 12.6 Å². The fourth-order valence-electron chi connectivity index (χ4n) is 1.76. The Kier molecular flexibility index (Phi) is 2.83. The Hall–Kier alpha value is -1.55. The molecule has 0 fully saturated rings. The van der Waals surface area contributed by atoms with Crippen molar-refractivity contribution in [1.82, 2.24) is 9.78 Å². The number of fused-ring (bicyclic) bond motifs is 1. The molecule has 0 atom stereocenters. The van der Waals surface area contributed by atoms with E-state index in [9.17, 15) is 4.79 Å². The van der Waals surface area contributed by atoms with Gasteiger partial charge in [-0.25, -0.2) is 0 Å². The van der Waals surface area contributed by atoms with Gasteiger partial charge in [0.15, 0.2) is 0 Å². The molecule has 0 bridgehead atoms. The fourth-order valence-corrected chi connectivity index (χ4v) is 1.97. The second-order valence-corrected chi connectivity index (χ2v) is 3.88. The molecule has 0 unspecified atom stereocenters. The van der Waals surface area contributed by atoms with Gasteiger partial charge in [-0.2, -0.15) is 5.10 Å². The highest BCUT2D eigenvalue weighted by atomic mass is 35.5. The normalized spacial score (nSPS) is 10.9. The van der Waals surface area contributed by atoms with E-state index in [0.29, 0.717) is 22.8 Å². The Balaban J connectivity index is 2.68. The van der Waals surface area contributed by atoms with Crippen molar-refractivity contribution in [2.24, 2.45) is 0 Å². The summed E-state index contributed by atoms with van der Waals surface area (Å²) >= 11 is 6.01. The molecule has 5 heteroatoms. The van der Waals surface area contributed by atoms with Crippen LogP contribution in [-0.4, -0.2) is 20.9 Å². The minimum absolute atomic E-state index is 0.0370. The van der Waals surface area contributed by atoms with Crippen LogP contribution in [0, 0.1) is 0 Å². The second-order valence-electron chi connectivity index (χ2n) is 3.47. The predicted octanol–water partition coefficient (Wildman–Crippen LogP) is 2.34. The van der Waals surface area contributed by atoms with Gasteiger partial charge in [0.2, 0.25) is 0 Å². The molecule has 0 spiro atoms. The summed E-state index contributed by atoms with van der Waals surface area (Å²) < 4.78 is 1.69. The quantitative estimate of drug-likeness (QED) is 0.893. The summed E-state index contributed by atoms with van der Waals surface area (Å²) in [6.07, 6.45) is -0.0370. The molecule has 0 aliphatic heterocycles. The maximum atomic E-state index is 10.8. The molecule has 1 aromatic heterocycles. The fraction of sp³-hybridized carbons (Fsp3) is 0.273. The molecule has 2 rings (SSSR count). The summed E-state index contributed by atoms with van der Waals surface area (Å²) in [7, 11) is 0. The third kappa shape index (κ3) is 1.76. The predicted molar refractivity (Wildman–Crippen MR) is 61.8 cm³/mol. The van der Waals surface area contributed by atoms with E-state index >= 15 is 0 Å². The highest BCUT2D eigenvalue weighted by Crippen LogP contribution is 2.25. The van der Waals surface area contributed by atoms with Gasteiger partial charge in [-0.05, 0) is 13.0 Å². The molecule has 1 heterocycles. The van der Waals surface area contributed by atoms with Crippen molar-refractivity contribution in [3.63, 3.8) is 0 Å². The smallest absolute Gasteiger partial charge is 0.309 e. The van der Waals surface area contributed by atoms with Gasteiger partial charge in [0, 0.05) is 11.9 Å². The van der Waals surface area contributed by atoms with E-state index in [1.807, 2.05) is 13.0 Å². The number of carboxylic acid groups (broad SMARTS) is 1.